The van der Waals surface area contributed by atoms with Gasteiger partial charge in [0.15, 0.2) is 0 Å². The topological polar surface area (TPSA) is 21.3 Å². The fraction of sp³-hybridized carbons (Fsp3) is 0.100. The Balaban J connectivity index is 1.79. The number of hydrogen-bond donors (Lipinski definition) is 1. The zero-order valence-electron chi connectivity index (χ0n) is 12.8. The molecular formula is C20H19NO. The van der Waals surface area contributed by atoms with Crippen LogP contribution in [0.1, 0.15) is 5.56 Å². The van der Waals surface area contributed by atoms with E-state index in [9.17, 15) is 0 Å². The fourth-order valence-electron chi connectivity index (χ4n) is 2.44. The average Bonchev–Trinajstić information content (AvgIpc) is 2.58. The molecule has 0 heterocycles. The molecule has 0 aliphatic carbocycles. The minimum absolute atomic E-state index is 0.877. The van der Waals surface area contributed by atoms with E-state index in [0.717, 1.165) is 22.7 Å². The second kappa shape index (κ2) is 6.35. The van der Waals surface area contributed by atoms with Gasteiger partial charge in [0, 0.05) is 11.4 Å². The molecule has 0 aliphatic heterocycles. The first-order valence-corrected chi connectivity index (χ1v) is 7.33. The van der Waals surface area contributed by atoms with Crippen molar-refractivity contribution in [3.8, 4) is 16.9 Å². The molecule has 3 aromatic rings. The molecule has 0 saturated heterocycles. The van der Waals surface area contributed by atoms with Crippen molar-refractivity contribution in [1.82, 2.24) is 0 Å². The lowest BCUT2D eigenvalue weighted by Gasteiger charge is -2.11. The smallest absolute Gasteiger partial charge is 0.119 e. The highest BCUT2D eigenvalue weighted by molar-refractivity contribution is 5.69. The van der Waals surface area contributed by atoms with Gasteiger partial charge in [0.05, 0.1) is 7.11 Å². The largest absolute Gasteiger partial charge is 0.497 e. The van der Waals surface area contributed by atoms with Crippen molar-refractivity contribution in [2.75, 3.05) is 12.4 Å². The van der Waals surface area contributed by atoms with Gasteiger partial charge in [-0.25, -0.2) is 0 Å². The molecule has 0 bridgehead atoms. The number of rotatable bonds is 4. The summed E-state index contributed by atoms with van der Waals surface area (Å²) >= 11 is 0. The lowest BCUT2D eigenvalue weighted by atomic mass is 10.1. The van der Waals surface area contributed by atoms with Crippen LogP contribution in [0.3, 0.4) is 0 Å². The van der Waals surface area contributed by atoms with Crippen LogP contribution in [0.4, 0.5) is 11.4 Å². The van der Waals surface area contributed by atoms with Crippen molar-refractivity contribution in [2.45, 2.75) is 6.92 Å². The molecule has 3 aromatic carbocycles. The summed E-state index contributed by atoms with van der Waals surface area (Å²) in [5.74, 6) is 0.877. The molecule has 0 aromatic heterocycles. The van der Waals surface area contributed by atoms with E-state index in [4.69, 9.17) is 4.74 Å². The van der Waals surface area contributed by atoms with Crippen LogP contribution in [0.5, 0.6) is 5.75 Å². The monoisotopic (exact) mass is 289 g/mol. The van der Waals surface area contributed by atoms with Gasteiger partial charge in [0.2, 0.25) is 0 Å². The Morgan fingerprint density at radius 1 is 0.773 bits per heavy atom. The van der Waals surface area contributed by atoms with Gasteiger partial charge in [-0.1, -0.05) is 42.5 Å². The van der Waals surface area contributed by atoms with Crippen LogP contribution in [-0.4, -0.2) is 7.11 Å². The average molecular weight is 289 g/mol. The van der Waals surface area contributed by atoms with Gasteiger partial charge < -0.3 is 10.1 Å². The first-order valence-electron chi connectivity index (χ1n) is 7.33. The first kappa shape index (κ1) is 14.2. The van der Waals surface area contributed by atoms with Gasteiger partial charge in [-0.3, -0.25) is 0 Å². The van der Waals surface area contributed by atoms with Crippen LogP contribution >= 0.6 is 0 Å². The van der Waals surface area contributed by atoms with E-state index in [2.05, 4.69) is 60.8 Å². The second-order valence-corrected chi connectivity index (χ2v) is 5.25. The standard InChI is InChI=1S/C20H19NO/c1-15-14-19(22-2)12-13-20(15)21-18-10-8-17(9-11-18)16-6-4-3-5-7-16/h3-14,21H,1-2H3. The molecule has 0 radical (unpaired) electrons. The van der Waals surface area contributed by atoms with E-state index in [1.54, 1.807) is 7.11 Å². The van der Waals surface area contributed by atoms with Crippen LogP contribution < -0.4 is 10.1 Å². The summed E-state index contributed by atoms with van der Waals surface area (Å²) in [6.45, 7) is 2.07. The zero-order valence-corrected chi connectivity index (χ0v) is 12.8. The highest BCUT2D eigenvalue weighted by Crippen LogP contribution is 2.26. The molecule has 22 heavy (non-hydrogen) atoms. The molecule has 110 valence electrons. The van der Waals surface area contributed by atoms with Crippen molar-refractivity contribution < 1.29 is 4.74 Å². The van der Waals surface area contributed by atoms with E-state index < -0.39 is 0 Å². The number of methoxy groups -OCH3 is 1. The van der Waals surface area contributed by atoms with Gasteiger partial charge in [-0.15, -0.1) is 0 Å². The van der Waals surface area contributed by atoms with Gasteiger partial charge in [-0.2, -0.15) is 0 Å². The Bertz CT molecular complexity index is 748. The van der Waals surface area contributed by atoms with Gasteiger partial charge in [0.25, 0.3) is 0 Å². The third-order valence-electron chi connectivity index (χ3n) is 3.70. The Hall–Kier alpha value is -2.74. The highest BCUT2D eigenvalue weighted by Gasteiger charge is 2.02. The molecule has 2 nitrogen and oxygen atoms in total. The van der Waals surface area contributed by atoms with Crippen molar-refractivity contribution in [3.63, 3.8) is 0 Å². The minimum atomic E-state index is 0.877. The maximum atomic E-state index is 5.24. The van der Waals surface area contributed by atoms with E-state index in [0.29, 0.717) is 0 Å². The Labute approximate surface area is 131 Å². The molecular weight excluding hydrogens is 270 g/mol. The molecule has 0 saturated carbocycles. The Morgan fingerprint density at radius 2 is 1.45 bits per heavy atom. The molecule has 0 spiro atoms. The summed E-state index contributed by atoms with van der Waals surface area (Å²) in [6.07, 6.45) is 0. The van der Waals surface area contributed by atoms with Crippen LogP contribution in [-0.2, 0) is 0 Å². The summed E-state index contributed by atoms with van der Waals surface area (Å²) in [6, 6.07) is 24.9. The lowest BCUT2D eigenvalue weighted by Crippen LogP contribution is -1.94. The Kier molecular flexibility index (Phi) is 4.10. The van der Waals surface area contributed by atoms with Crippen molar-refractivity contribution in [1.29, 1.82) is 0 Å². The normalized spacial score (nSPS) is 10.3. The molecule has 3 rings (SSSR count). The van der Waals surface area contributed by atoms with Gasteiger partial charge >= 0.3 is 0 Å². The van der Waals surface area contributed by atoms with Gasteiger partial charge in [-0.05, 0) is 53.9 Å². The first-order chi connectivity index (χ1) is 10.8. The number of nitrogens with one attached hydrogen (secondary N) is 1. The summed E-state index contributed by atoms with van der Waals surface area (Å²) in [4.78, 5) is 0. The highest BCUT2D eigenvalue weighted by atomic mass is 16.5. The lowest BCUT2D eigenvalue weighted by molar-refractivity contribution is 0.414. The molecule has 0 fully saturated rings. The third-order valence-corrected chi connectivity index (χ3v) is 3.70. The molecule has 1 N–H and O–H groups in total. The predicted molar refractivity (Wildman–Crippen MR) is 92.9 cm³/mol. The quantitative estimate of drug-likeness (QED) is 0.693. The van der Waals surface area contributed by atoms with Crippen molar-refractivity contribution in [2.24, 2.45) is 0 Å². The minimum Gasteiger partial charge on any atom is -0.497 e. The van der Waals surface area contributed by atoms with Crippen molar-refractivity contribution in [3.05, 3.63) is 78.4 Å². The van der Waals surface area contributed by atoms with Crippen LogP contribution in [0.15, 0.2) is 72.8 Å². The van der Waals surface area contributed by atoms with Crippen LogP contribution in [0.25, 0.3) is 11.1 Å². The number of aryl methyl sites for hydroxylation is 1. The number of benzene rings is 3. The second-order valence-electron chi connectivity index (χ2n) is 5.25. The predicted octanol–water partition coefficient (Wildman–Crippen LogP) is 5.41. The molecule has 0 amide bonds. The van der Waals surface area contributed by atoms with Crippen LogP contribution in [0, 0.1) is 6.92 Å². The Morgan fingerprint density at radius 3 is 2.09 bits per heavy atom. The molecule has 0 aliphatic rings. The van der Waals surface area contributed by atoms with E-state index in [-0.39, 0.29) is 0 Å². The summed E-state index contributed by atoms with van der Waals surface area (Å²) < 4.78 is 5.24. The van der Waals surface area contributed by atoms with Crippen LogP contribution in [0.2, 0.25) is 0 Å². The number of anilines is 2. The van der Waals surface area contributed by atoms with Crippen molar-refractivity contribution >= 4 is 11.4 Å². The summed E-state index contributed by atoms with van der Waals surface area (Å²) in [5, 5.41) is 3.45. The zero-order chi connectivity index (χ0) is 15.4. The maximum Gasteiger partial charge on any atom is 0.119 e. The molecule has 0 unspecified atom stereocenters. The van der Waals surface area contributed by atoms with E-state index in [1.165, 1.54) is 11.1 Å². The number of hydrogen-bond acceptors (Lipinski definition) is 2. The summed E-state index contributed by atoms with van der Waals surface area (Å²) in [7, 11) is 1.68. The fourth-order valence-corrected chi connectivity index (χ4v) is 2.44. The summed E-state index contributed by atoms with van der Waals surface area (Å²) in [5.41, 5.74) is 5.78. The van der Waals surface area contributed by atoms with E-state index in [1.807, 2.05) is 24.3 Å². The molecule has 0 atom stereocenters. The maximum absolute atomic E-state index is 5.24. The third kappa shape index (κ3) is 3.12. The molecule has 2 heteroatoms. The number of ether oxygens (including phenoxy) is 1. The SMILES string of the molecule is COc1ccc(Nc2ccc(-c3ccccc3)cc2)c(C)c1. The van der Waals surface area contributed by atoms with Gasteiger partial charge in [0.1, 0.15) is 5.75 Å². The van der Waals surface area contributed by atoms with E-state index >= 15 is 0 Å².